The Labute approximate surface area is 145 Å². The maximum atomic E-state index is 12.0. The Balaban J connectivity index is 1.64. The van der Waals surface area contributed by atoms with E-state index in [0.29, 0.717) is 11.4 Å². The van der Waals surface area contributed by atoms with Gasteiger partial charge in [0.1, 0.15) is 5.75 Å². The second-order valence-electron chi connectivity index (χ2n) is 5.16. The van der Waals surface area contributed by atoms with Crippen LogP contribution in [0.1, 0.15) is 5.69 Å². The van der Waals surface area contributed by atoms with E-state index < -0.39 is 6.03 Å². The van der Waals surface area contributed by atoms with Gasteiger partial charge in [0.05, 0.1) is 24.7 Å². The van der Waals surface area contributed by atoms with E-state index in [1.807, 2.05) is 65.4 Å². The van der Waals surface area contributed by atoms with Crippen molar-refractivity contribution in [3.8, 4) is 11.4 Å². The van der Waals surface area contributed by atoms with Gasteiger partial charge in [0, 0.05) is 11.9 Å². The van der Waals surface area contributed by atoms with Crippen molar-refractivity contribution in [2.75, 3.05) is 12.4 Å². The fourth-order valence-electron chi connectivity index (χ4n) is 2.38. The third-order valence-corrected chi connectivity index (χ3v) is 3.53. The van der Waals surface area contributed by atoms with E-state index in [-0.39, 0.29) is 0 Å². The topological polar surface area (TPSA) is 67.7 Å². The van der Waals surface area contributed by atoms with Gasteiger partial charge in [-0.2, -0.15) is 5.10 Å². The minimum atomic E-state index is -0.446. The molecule has 0 bridgehead atoms. The number of ether oxygens (including phenoxy) is 1. The molecule has 0 aliphatic rings. The van der Waals surface area contributed by atoms with Crippen LogP contribution in [-0.2, 0) is 0 Å². The Morgan fingerprint density at radius 1 is 1.04 bits per heavy atom. The van der Waals surface area contributed by atoms with Crippen LogP contribution in [0.5, 0.6) is 5.75 Å². The Morgan fingerprint density at radius 3 is 2.60 bits per heavy atom. The number of carbonyl (C=O) groups is 1. The number of benzene rings is 2. The molecule has 2 N–H and O–H groups in total. The summed E-state index contributed by atoms with van der Waals surface area (Å²) in [6, 6.07) is 20.5. The van der Waals surface area contributed by atoms with E-state index >= 15 is 0 Å². The molecule has 6 heteroatoms. The number of hydrogen-bond donors (Lipinski definition) is 2. The third kappa shape index (κ3) is 4.06. The molecular formula is C19H18N4O2. The maximum Gasteiger partial charge on any atom is 0.339 e. The molecule has 0 atom stereocenters. The summed E-state index contributed by atoms with van der Waals surface area (Å²) in [7, 11) is 1.55. The molecule has 1 heterocycles. The van der Waals surface area contributed by atoms with Crippen molar-refractivity contribution in [1.29, 1.82) is 0 Å². The number of hydrazone groups is 1. The predicted octanol–water partition coefficient (Wildman–Crippen LogP) is 3.64. The number of amides is 2. The molecule has 25 heavy (non-hydrogen) atoms. The lowest BCUT2D eigenvalue weighted by atomic mass is 10.3. The summed E-state index contributed by atoms with van der Waals surface area (Å²) in [5.41, 5.74) is 4.90. The lowest BCUT2D eigenvalue weighted by Crippen LogP contribution is -2.24. The van der Waals surface area contributed by atoms with Gasteiger partial charge in [-0.05, 0) is 36.4 Å². The van der Waals surface area contributed by atoms with Crippen LogP contribution in [0, 0.1) is 0 Å². The molecule has 2 amide bonds. The Kier molecular flexibility index (Phi) is 5.11. The first-order valence-corrected chi connectivity index (χ1v) is 7.74. The average molecular weight is 334 g/mol. The highest BCUT2D eigenvalue weighted by Crippen LogP contribution is 2.22. The van der Waals surface area contributed by atoms with Crippen LogP contribution in [-0.4, -0.2) is 23.9 Å². The van der Waals surface area contributed by atoms with Crippen molar-refractivity contribution < 1.29 is 9.53 Å². The van der Waals surface area contributed by atoms with Gasteiger partial charge in [-0.15, -0.1) is 0 Å². The largest absolute Gasteiger partial charge is 0.495 e. The lowest BCUT2D eigenvalue weighted by Gasteiger charge is -2.09. The summed E-state index contributed by atoms with van der Waals surface area (Å²) in [4.78, 5) is 12.0. The maximum absolute atomic E-state index is 12.0. The molecule has 0 saturated heterocycles. The monoisotopic (exact) mass is 334 g/mol. The van der Waals surface area contributed by atoms with Crippen LogP contribution in [0.2, 0.25) is 0 Å². The minimum absolute atomic E-state index is 0.446. The molecule has 126 valence electrons. The second kappa shape index (κ2) is 7.83. The van der Waals surface area contributed by atoms with Gasteiger partial charge >= 0.3 is 6.03 Å². The van der Waals surface area contributed by atoms with Crippen LogP contribution in [0.4, 0.5) is 10.5 Å². The summed E-state index contributed by atoms with van der Waals surface area (Å²) < 4.78 is 7.17. The molecule has 0 saturated carbocycles. The van der Waals surface area contributed by atoms with E-state index in [1.165, 1.54) is 0 Å². The van der Waals surface area contributed by atoms with Gasteiger partial charge in [-0.1, -0.05) is 30.3 Å². The lowest BCUT2D eigenvalue weighted by molar-refractivity contribution is 0.252. The quantitative estimate of drug-likeness (QED) is 0.552. The molecule has 3 aromatic rings. The van der Waals surface area contributed by atoms with E-state index in [0.717, 1.165) is 11.4 Å². The number of anilines is 1. The van der Waals surface area contributed by atoms with Crippen LogP contribution in [0.15, 0.2) is 78.0 Å². The molecule has 0 radical (unpaired) electrons. The molecule has 0 aliphatic carbocycles. The first-order chi connectivity index (χ1) is 12.3. The Hall–Kier alpha value is -3.54. The Morgan fingerprint density at radius 2 is 1.80 bits per heavy atom. The van der Waals surface area contributed by atoms with Gasteiger partial charge in [0.25, 0.3) is 0 Å². The smallest absolute Gasteiger partial charge is 0.339 e. The van der Waals surface area contributed by atoms with Crippen LogP contribution >= 0.6 is 0 Å². The van der Waals surface area contributed by atoms with Gasteiger partial charge in [-0.25, -0.2) is 10.2 Å². The zero-order valence-electron chi connectivity index (χ0n) is 13.7. The predicted molar refractivity (Wildman–Crippen MR) is 98.5 cm³/mol. The molecule has 0 fully saturated rings. The van der Waals surface area contributed by atoms with Gasteiger partial charge < -0.3 is 14.6 Å². The van der Waals surface area contributed by atoms with Crippen molar-refractivity contribution in [2.24, 2.45) is 5.10 Å². The zero-order chi connectivity index (χ0) is 17.5. The number of rotatable bonds is 5. The first kappa shape index (κ1) is 16.3. The third-order valence-electron chi connectivity index (χ3n) is 3.53. The van der Waals surface area contributed by atoms with Crippen LogP contribution < -0.4 is 15.5 Å². The number of nitrogens with zero attached hydrogens (tertiary/aromatic N) is 2. The highest BCUT2D eigenvalue weighted by Gasteiger charge is 2.05. The van der Waals surface area contributed by atoms with Crippen molar-refractivity contribution in [1.82, 2.24) is 9.99 Å². The summed E-state index contributed by atoms with van der Waals surface area (Å²) >= 11 is 0. The fraction of sp³-hybridized carbons (Fsp3) is 0.0526. The van der Waals surface area contributed by atoms with E-state index in [9.17, 15) is 4.79 Å². The molecular weight excluding hydrogens is 316 g/mol. The van der Waals surface area contributed by atoms with E-state index in [4.69, 9.17) is 4.74 Å². The molecule has 6 nitrogen and oxygen atoms in total. The van der Waals surface area contributed by atoms with E-state index in [2.05, 4.69) is 15.8 Å². The molecule has 0 spiro atoms. The first-order valence-electron chi connectivity index (χ1n) is 7.74. The zero-order valence-corrected chi connectivity index (χ0v) is 13.7. The molecule has 3 rings (SSSR count). The number of methoxy groups -OCH3 is 1. The number of nitrogens with one attached hydrogen (secondary N) is 2. The molecule has 0 aliphatic heterocycles. The number of aromatic nitrogens is 1. The van der Waals surface area contributed by atoms with Crippen LogP contribution in [0.25, 0.3) is 5.69 Å². The summed E-state index contributed by atoms with van der Waals surface area (Å²) in [5.74, 6) is 0.583. The van der Waals surface area contributed by atoms with Crippen molar-refractivity contribution in [3.05, 3.63) is 78.6 Å². The number of para-hydroxylation sites is 3. The van der Waals surface area contributed by atoms with Crippen molar-refractivity contribution >= 4 is 17.9 Å². The number of urea groups is 1. The number of carbonyl (C=O) groups excluding carboxylic acids is 1. The fourth-order valence-corrected chi connectivity index (χ4v) is 2.38. The average Bonchev–Trinajstić information content (AvgIpc) is 3.11. The molecule has 0 unspecified atom stereocenters. The van der Waals surface area contributed by atoms with Gasteiger partial charge in [0.15, 0.2) is 0 Å². The van der Waals surface area contributed by atoms with Crippen molar-refractivity contribution in [2.45, 2.75) is 0 Å². The van der Waals surface area contributed by atoms with Gasteiger partial charge in [-0.3, -0.25) is 0 Å². The summed E-state index contributed by atoms with van der Waals surface area (Å²) in [6.45, 7) is 0. The van der Waals surface area contributed by atoms with Gasteiger partial charge in [0.2, 0.25) is 0 Å². The standard InChI is InChI=1S/C19H18N4O2/c1-25-18-12-6-5-11-17(18)21-19(24)22-20-14-16-10-7-13-23(16)15-8-3-2-4-9-15/h2-14H,1H3,(H2,21,22,24)/b20-14+. The summed E-state index contributed by atoms with van der Waals surface area (Å²) in [6.07, 6.45) is 3.53. The molecule has 1 aromatic heterocycles. The molecule has 2 aromatic carbocycles. The normalized spacial score (nSPS) is 10.6. The highest BCUT2D eigenvalue weighted by molar-refractivity contribution is 5.91. The number of hydrogen-bond acceptors (Lipinski definition) is 3. The highest BCUT2D eigenvalue weighted by atomic mass is 16.5. The van der Waals surface area contributed by atoms with E-state index in [1.54, 1.807) is 25.5 Å². The summed E-state index contributed by atoms with van der Waals surface area (Å²) in [5, 5.41) is 6.70. The van der Waals surface area contributed by atoms with Crippen molar-refractivity contribution in [3.63, 3.8) is 0 Å². The van der Waals surface area contributed by atoms with Crippen LogP contribution in [0.3, 0.4) is 0 Å². The minimum Gasteiger partial charge on any atom is -0.495 e. The Bertz CT molecular complexity index is 872. The SMILES string of the molecule is COc1ccccc1NC(=O)N/N=C/c1cccn1-c1ccccc1. The second-order valence-corrected chi connectivity index (χ2v) is 5.16.